The van der Waals surface area contributed by atoms with Gasteiger partial charge in [-0.2, -0.15) is 0 Å². The van der Waals surface area contributed by atoms with E-state index in [0.717, 1.165) is 12.4 Å². The Kier molecular flexibility index (Phi) is 10.0. The highest BCUT2D eigenvalue weighted by molar-refractivity contribution is 5.85. The molecular weight excluding hydrogens is 197 g/mol. The van der Waals surface area contributed by atoms with Crippen molar-refractivity contribution < 1.29 is 0 Å². The van der Waals surface area contributed by atoms with Crippen LogP contribution in [0.25, 0.3) is 0 Å². The average Bonchev–Trinajstić information content (AvgIpc) is 2.03. The largest absolute Gasteiger partial charge is 0.369 e. The second-order valence-electron chi connectivity index (χ2n) is 1.93. The van der Waals surface area contributed by atoms with Crippen molar-refractivity contribution in [2.24, 2.45) is 5.73 Å². The van der Waals surface area contributed by atoms with E-state index in [1.54, 1.807) is 6.20 Å². The van der Waals surface area contributed by atoms with Crippen LogP contribution in [0.4, 0.5) is 5.82 Å². The van der Waals surface area contributed by atoms with E-state index in [9.17, 15) is 0 Å². The number of rotatable bonds is 3. The molecule has 0 bridgehead atoms. The van der Waals surface area contributed by atoms with E-state index < -0.39 is 0 Å². The molecule has 12 heavy (non-hydrogen) atoms. The van der Waals surface area contributed by atoms with Crippen LogP contribution >= 0.6 is 24.8 Å². The van der Waals surface area contributed by atoms with Crippen LogP contribution in [-0.2, 0) is 0 Å². The number of hydrogen-bond acceptors (Lipinski definition) is 3. The Balaban J connectivity index is 0. The summed E-state index contributed by atoms with van der Waals surface area (Å²) in [6.45, 7) is 1.41. The minimum atomic E-state index is 0. The normalized spacial score (nSPS) is 7.75. The fourth-order valence-electron chi connectivity index (χ4n) is 0.668. The number of nitrogens with one attached hydrogen (secondary N) is 1. The maximum Gasteiger partial charge on any atom is 0.125 e. The van der Waals surface area contributed by atoms with Gasteiger partial charge in [0, 0.05) is 19.3 Å². The summed E-state index contributed by atoms with van der Waals surface area (Å²) < 4.78 is 0. The first-order valence-electron chi connectivity index (χ1n) is 3.28. The number of hydrogen-bond donors (Lipinski definition) is 2. The number of pyridine rings is 1. The number of nitrogens with zero attached hydrogens (tertiary/aromatic N) is 1. The van der Waals surface area contributed by atoms with Gasteiger partial charge >= 0.3 is 0 Å². The molecule has 0 fully saturated rings. The molecule has 0 unspecified atom stereocenters. The van der Waals surface area contributed by atoms with Crippen LogP contribution in [0, 0.1) is 0 Å². The molecule has 0 saturated heterocycles. The van der Waals surface area contributed by atoms with E-state index in [2.05, 4.69) is 10.3 Å². The van der Waals surface area contributed by atoms with Crippen LogP contribution in [0.2, 0.25) is 0 Å². The lowest BCUT2D eigenvalue weighted by molar-refractivity contribution is 1.01. The maximum absolute atomic E-state index is 5.29. The molecule has 0 spiro atoms. The van der Waals surface area contributed by atoms with Gasteiger partial charge in [0.2, 0.25) is 0 Å². The summed E-state index contributed by atoms with van der Waals surface area (Å²) in [6, 6.07) is 5.73. The molecule has 3 N–H and O–H groups in total. The van der Waals surface area contributed by atoms with Gasteiger partial charge in [0.25, 0.3) is 0 Å². The predicted molar refractivity (Wildman–Crippen MR) is 56.3 cm³/mol. The molecule has 3 nitrogen and oxygen atoms in total. The Morgan fingerprint density at radius 3 is 2.58 bits per heavy atom. The zero-order valence-electron chi connectivity index (χ0n) is 6.56. The Bertz CT molecular complexity index is 181. The average molecular weight is 210 g/mol. The molecule has 0 aliphatic heterocycles. The SMILES string of the molecule is Cl.Cl.NCCNc1ccccn1. The molecule has 1 aromatic heterocycles. The Morgan fingerprint density at radius 2 is 2.08 bits per heavy atom. The van der Waals surface area contributed by atoms with Crippen molar-refractivity contribution in [3.63, 3.8) is 0 Å². The smallest absolute Gasteiger partial charge is 0.125 e. The van der Waals surface area contributed by atoms with Gasteiger partial charge < -0.3 is 11.1 Å². The standard InChI is InChI=1S/C7H11N3.2ClH/c8-4-6-10-7-3-1-2-5-9-7;;/h1-3,5H,4,6,8H2,(H,9,10);2*1H. The fraction of sp³-hybridized carbons (Fsp3) is 0.286. The van der Waals surface area contributed by atoms with Crippen LogP contribution in [0.5, 0.6) is 0 Å². The van der Waals surface area contributed by atoms with Crippen LogP contribution in [-0.4, -0.2) is 18.1 Å². The second kappa shape index (κ2) is 8.59. The lowest BCUT2D eigenvalue weighted by atomic mass is 10.4. The zero-order chi connectivity index (χ0) is 7.23. The lowest BCUT2D eigenvalue weighted by Gasteiger charge is -2.00. The van der Waals surface area contributed by atoms with Crippen molar-refractivity contribution in [2.75, 3.05) is 18.4 Å². The molecule has 0 amide bonds. The van der Waals surface area contributed by atoms with Crippen LogP contribution in [0.15, 0.2) is 24.4 Å². The second-order valence-corrected chi connectivity index (χ2v) is 1.93. The molecule has 1 heterocycles. The first-order chi connectivity index (χ1) is 4.93. The number of halogens is 2. The van der Waals surface area contributed by atoms with Crippen molar-refractivity contribution >= 4 is 30.6 Å². The van der Waals surface area contributed by atoms with Crippen molar-refractivity contribution in [1.29, 1.82) is 0 Å². The van der Waals surface area contributed by atoms with Gasteiger partial charge in [-0.05, 0) is 12.1 Å². The molecule has 0 radical (unpaired) electrons. The summed E-state index contributed by atoms with van der Waals surface area (Å²) in [4.78, 5) is 4.05. The van der Waals surface area contributed by atoms with E-state index in [4.69, 9.17) is 5.73 Å². The summed E-state index contributed by atoms with van der Waals surface area (Å²) >= 11 is 0. The third kappa shape index (κ3) is 5.18. The Morgan fingerprint density at radius 1 is 1.33 bits per heavy atom. The molecule has 1 aromatic rings. The predicted octanol–water partition coefficient (Wildman–Crippen LogP) is 1.30. The van der Waals surface area contributed by atoms with E-state index in [-0.39, 0.29) is 24.8 Å². The zero-order valence-corrected chi connectivity index (χ0v) is 8.20. The van der Waals surface area contributed by atoms with Crippen molar-refractivity contribution in [3.8, 4) is 0 Å². The molecule has 0 aromatic carbocycles. The van der Waals surface area contributed by atoms with Crippen LogP contribution in [0.3, 0.4) is 0 Å². The molecule has 0 aliphatic carbocycles. The summed E-state index contributed by atoms with van der Waals surface area (Å²) in [5.74, 6) is 0.882. The number of aromatic nitrogens is 1. The van der Waals surface area contributed by atoms with Crippen molar-refractivity contribution in [2.45, 2.75) is 0 Å². The van der Waals surface area contributed by atoms with Gasteiger partial charge in [-0.1, -0.05) is 6.07 Å². The Hall–Kier alpha value is -0.510. The highest BCUT2D eigenvalue weighted by Crippen LogP contribution is 1.97. The Labute approximate surface area is 84.6 Å². The molecular formula is C7H13Cl2N3. The van der Waals surface area contributed by atoms with E-state index >= 15 is 0 Å². The van der Waals surface area contributed by atoms with Gasteiger partial charge in [-0.25, -0.2) is 4.98 Å². The number of anilines is 1. The quantitative estimate of drug-likeness (QED) is 0.790. The minimum absolute atomic E-state index is 0. The van der Waals surface area contributed by atoms with E-state index in [0.29, 0.717) is 6.54 Å². The summed E-state index contributed by atoms with van der Waals surface area (Å²) in [7, 11) is 0. The van der Waals surface area contributed by atoms with Crippen molar-refractivity contribution in [3.05, 3.63) is 24.4 Å². The van der Waals surface area contributed by atoms with Gasteiger partial charge in [-0.15, -0.1) is 24.8 Å². The lowest BCUT2D eigenvalue weighted by Crippen LogP contribution is -2.13. The van der Waals surface area contributed by atoms with E-state index in [1.165, 1.54) is 0 Å². The molecule has 0 aliphatic rings. The first kappa shape index (κ1) is 14.0. The van der Waals surface area contributed by atoms with Crippen molar-refractivity contribution in [1.82, 2.24) is 4.98 Å². The van der Waals surface area contributed by atoms with Gasteiger partial charge in [0.1, 0.15) is 5.82 Å². The summed E-state index contributed by atoms with van der Waals surface area (Å²) in [5.41, 5.74) is 5.29. The highest BCUT2D eigenvalue weighted by Gasteiger charge is 1.85. The minimum Gasteiger partial charge on any atom is -0.369 e. The fourth-order valence-corrected chi connectivity index (χ4v) is 0.668. The maximum atomic E-state index is 5.29. The first-order valence-corrected chi connectivity index (χ1v) is 3.28. The molecule has 5 heteroatoms. The monoisotopic (exact) mass is 209 g/mol. The van der Waals surface area contributed by atoms with Crippen LogP contribution in [0.1, 0.15) is 0 Å². The third-order valence-corrected chi connectivity index (χ3v) is 1.12. The van der Waals surface area contributed by atoms with Crippen LogP contribution < -0.4 is 11.1 Å². The van der Waals surface area contributed by atoms with Gasteiger partial charge in [0.05, 0.1) is 0 Å². The highest BCUT2D eigenvalue weighted by atomic mass is 35.5. The molecule has 70 valence electrons. The third-order valence-electron chi connectivity index (χ3n) is 1.12. The van der Waals surface area contributed by atoms with E-state index in [1.807, 2.05) is 18.2 Å². The molecule has 0 saturated carbocycles. The van der Waals surface area contributed by atoms with Gasteiger partial charge in [-0.3, -0.25) is 0 Å². The summed E-state index contributed by atoms with van der Waals surface area (Å²) in [6.07, 6.45) is 1.75. The number of nitrogens with two attached hydrogens (primary N) is 1. The molecule has 1 rings (SSSR count). The molecule has 0 atom stereocenters. The summed E-state index contributed by atoms with van der Waals surface area (Å²) in [5, 5.41) is 3.06. The van der Waals surface area contributed by atoms with Gasteiger partial charge in [0.15, 0.2) is 0 Å². The topological polar surface area (TPSA) is 50.9 Å².